The number of hydrogen-bond donors (Lipinski definition) is 2. The van der Waals surface area contributed by atoms with Gasteiger partial charge in [0, 0.05) is 12.1 Å². The van der Waals surface area contributed by atoms with Crippen molar-refractivity contribution in [2.45, 2.75) is 39.7 Å². The molecule has 98 valence electrons. The van der Waals surface area contributed by atoms with Gasteiger partial charge in [0.25, 0.3) is 0 Å². The first-order chi connectivity index (χ1) is 6.87. The summed E-state index contributed by atoms with van der Waals surface area (Å²) < 4.78 is 0. The number of thioether (sulfide) groups is 1. The van der Waals surface area contributed by atoms with Crippen molar-refractivity contribution in [3.05, 3.63) is 0 Å². The van der Waals surface area contributed by atoms with Crippen molar-refractivity contribution in [3.8, 4) is 0 Å². The molecule has 3 nitrogen and oxygen atoms in total. The van der Waals surface area contributed by atoms with Crippen LogP contribution in [0.1, 0.15) is 34.1 Å². The molecule has 0 heterocycles. The summed E-state index contributed by atoms with van der Waals surface area (Å²) >= 11 is 1.69. The Balaban J connectivity index is 0. The summed E-state index contributed by atoms with van der Waals surface area (Å²) in [5, 5.41) is 2.91. The van der Waals surface area contributed by atoms with Crippen molar-refractivity contribution in [2.75, 3.05) is 18.1 Å². The molecule has 0 saturated heterocycles. The number of amides is 1. The largest absolute Gasteiger partial charge is 0.349 e. The minimum atomic E-state index is -0.282. The second-order valence-electron chi connectivity index (χ2n) is 4.87. The van der Waals surface area contributed by atoms with Crippen LogP contribution in [0.5, 0.6) is 0 Å². The second-order valence-corrected chi connectivity index (χ2v) is 5.98. The minimum Gasteiger partial charge on any atom is -0.349 e. The number of rotatable bonds is 7. The van der Waals surface area contributed by atoms with Crippen LogP contribution in [-0.4, -0.2) is 29.5 Å². The summed E-state index contributed by atoms with van der Waals surface area (Å²) in [7, 11) is 0. The molecule has 0 aliphatic heterocycles. The fraction of sp³-hybridized carbons (Fsp3) is 0.909. The lowest BCUT2D eigenvalue weighted by Crippen LogP contribution is -2.49. The fourth-order valence-electron chi connectivity index (χ4n) is 0.948. The van der Waals surface area contributed by atoms with Crippen LogP contribution in [0, 0.1) is 5.92 Å². The topological polar surface area (TPSA) is 55.1 Å². The highest BCUT2D eigenvalue weighted by Crippen LogP contribution is 2.09. The molecule has 1 amide bonds. The predicted octanol–water partition coefficient (Wildman–Crippen LogP) is 2.04. The summed E-state index contributed by atoms with van der Waals surface area (Å²) in [5.74, 6) is 2.38. The lowest BCUT2D eigenvalue weighted by molar-refractivity contribution is -0.120. The molecule has 0 aliphatic rings. The summed E-state index contributed by atoms with van der Waals surface area (Å²) in [5.41, 5.74) is 5.25. The van der Waals surface area contributed by atoms with Crippen LogP contribution in [-0.2, 0) is 4.79 Å². The standard InChI is InChI=1S/C11H24N2OS.ClH/c1-9(2)5-6-15-7-10(14)13-11(3,4)8-12;/h9H,5-8,12H2,1-4H3,(H,13,14);1H. The Kier molecular flexibility index (Phi) is 10.5. The van der Waals surface area contributed by atoms with E-state index < -0.39 is 0 Å². The van der Waals surface area contributed by atoms with Crippen LogP contribution in [0.3, 0.4) is 0 Å². The van der Waals surface area contributed by atoms with E-state index in [-0.39, 0.29) is 23.9 Å². The van der Waals surface area contributed by atoms with Crippen LogP contribution in [0.4, 0.5) is 0 Å². The van der Waals surface area contributed by atoms with Gasteiger partial charge in [0.1, 0.15) is 0 Å². The SMILES string of the molecule is CC(C)CCSCC(=O)NC(C)(C)CN.Cl. The van der Waals surface area contributed by atoms with Gasteiger partial charge < -0.3 is 11.1 Å². The smallest absolute Gasteiger partial charge is 0.230 e. The quantitative estimate of drug-likeness (QED) is 0.695. The van der Waals surface area contributed by atoms with Crippen LogP contribution in [0.15, 0.2) is 0 Å². The van der Waals surface area contributed by atoms with E-state index in [4.69, 9.17) is 5.73 Å². The van der Waals surface area contributed by atoms with Crippen molar-refractivity contribution < 1.29 is 4.79 Å². The summed E-state index contributed by atoms with van der Waals surface area (Å²) in [6.45, 7) is 8.72. The molecule has 0 spiro atoms. The van der Waals surface area contributed by atoms with Gasteiger partial charge in [-0.05, 0) is 31.9 Å². The lowest BCUT2D eigenvalue weighted by atomic mass is 10.1. The Hall–Kier alpha value is 0.0700. The molecule has 0 rings (SSSR count). The van der Waals surface area contributed by atoms with Crippen molar-refractivity contribution in [1.29, 1.82) is 0 Å². The van der Waals surface area contributed by atoms with Gasteiger partial charge in [0.2, 0.25) is 5.91 Å². The zero-order valence-corrected chi connectivity index (χ0v) is 12.3. The van der Waals surface area contributed by atoms with Gasteiger partial charge >= 0.3 is 0 Å². The first kappa shape index (κ1) is 18.4. The Morgan fingerprint density at radius 1 is 1.44 bits per heavy atom. The van der Waals surface area contributed by atoms with Gasteiger partial charge in [-0.3, -0.25) is 4.79 Å². The van der Waals surface area contributed by atoms with E-state index in [1.165, 1.54) is 0 Å². The van der Waals surface area contributed by atoms with Crippen LogP contribution in [0.2, 0.25) is 0 Å². The van der Waals surface area contributed by atoms with Gasteiger partial charge in [-0.25, -0.2) is 0 Å². The molecule has 0 atom stereocenters. The van der Waals surface area contributed by atoms with Crippen molar-refractivity contribution in [1.82, 2.24) is 5.32 Å². The maximum atomic E-state index is 11.5. The van der Waals surface area contributed by atoms with Gasteiger partial charge in [-0.15, -0.1) is 12.4 Å². The number of carbonyl (C=O) groups is 1. The summed E-state index contributed by atoms with van der Waals surface area (Å²) in [4.78, 5) is 11.5. The molecule has 0 aromatic heterocycles. The van der Waals surface area contributed by atoms with E-state index in [0.29, 0.717) is 18.2 Å². The average molecular weight is 269 g/mol. The maximum Gasteiger partial charge on any atom is 0.230 e. The van der Waals surface area contributed by atoms with Crippen LogP contribution < -0.4 is 11.1 Å². The summed E-state index contributed by atoms with van der Waals surface area (Å²) in [6, 6.07) is 0. The highest BCUT2D eigenvalue weighted by molar-refractivity contribution is 7.99. The van der Waals surface area contributed by atoms with Crippen molar-refractivity contribution >= 4 is 30.1 Å². The molecule has 0 bridgehead atoms. The number of halogens is 1. The second kappa shape index (κ2) is 9.14. The zero-order valence-electron chi connectivity index (χ0n) is 10.7. The molecule has 0 fully saturated rings. The predicted molar refractivity (Wildman–Crippen MR) is 75.3 cm³/mol. The maximum absolute atomic E-state index is 11.5. The summed E-state index contributed by atoms with van der Waals surface area (Å²) in [6.07, 6.45) is 1.16. The molecule has 0 saturated carbocycles. The average Bonchev–Trinajstić information content (AvgIpc) is 2.11. The molecule has 0 aromatic rings. The lowest BCUT2D eigenvalue weighted by Gasteiger charge is -2.24. The minimum absolute atomic E-state index is 0. The Morgan fingerprint density at radius 2 is 2.00 bits per heavy atom. The normalized spacial score (nSPS) is 11.1. The number of nitrogens with one attached hydrogen (secondary N) is 1. The zero-order chi connectivity index (χ0) is 11.9. The molecule has 5 heteroatoms. The van der Waals surface area contributed by atoms with Gasteiger partial charge in [-0.1, -0.05) is 13.8 Å². The van der Waals surface area contributed by atoms with Crippen LogP contribution >= 0.6 is 24.2 Å². The third-order valence-electron chi connectivity index (χ3n) is 2.06. The van der Waals surface area contributed by atoms with Crippen LogP contribution in [0.25, 0.3) is 0 Å². The van der Waals surface area contributed by atoms with E-state index >= 15 is 0 Å². The van der Waals surface area contributed by atoms with E-state index in [1.54, 1.807) is 11.8 Å². The van der Waals surface area contributed by atoms with Gasteiger partial charge in [-0.2, -0.15) is 11.8 Å². The highest BCUT2D eigenvalue weighted by Gasteiger charge is 2.17. The molecule has 3 N–H and O–H groups in total. The first-order valence-electron chi connectivity index (χ1n) is 5.46. The molecular weight excluding hydrogens is 244 g/mol. The Labute approximate surface area is 110 Å². The Bertz CT molecular complexity index is 198. The van der Waals surface area contributed by atoms with E-state index in [1.807, 2.05) is 13.8 Å². The van der Waals surface area contributed by atoms with Crippen molar-refractivity contribution in [2.24, 2.45) is 11.7 Å². The molecule has 0 aromatic carbocycles. The third-order valence-corrected chi connectivity index (χ3v) is 3.05. The number of nitrogens with two attached hydrogens (primary N) is 1. The molecule has 0 unspecified atom stereocenters. The third kappa shape index (κ3) is 10.6. The molecule has 0 aliphatic carbocycles. The molecule has 0 radical (unpaired) electrons. The number of hydrogen-bond acceptors (Lipinski definition) is 3. The Morgan fingerprint density at radius 3 is 2.44 bits per heavy atom. The van der Waals surface area contributed by atoms with Gasteiger partial charge in [0.05, 0.1) is 5.75 Å². The molecule has 16 heavy (non-hydrogen) atoms. The van der Waals surface area contributed by atoms with E-state index in [9.17, 15) is 4.79 Å². The van der Waals surface area contributed by atoms with Crippen molar-refractivity contribution in [3.63, 3.8) is 0 Å². The van der Waals surface area contributed by atoms with E-state index in [2.05, 4.69) is 19.2 Å². The number of carbonyl (C=O) groups excluding carboxylic acids is 1. The first-order valence-corrected chi connectivity index (χ1v) is 6.61. The fourth-order valence-corrected chi connectivity index (χ4v) is 1.99. The molecular formula is C11H25ClN2OS. The monoisotopic (exact) mass is 268 g/mol. The van der Waals surface area contributed by atoms with Gasteiger partial charge in [0.15, 0.2) is 0 Å². The van der Waals surface area contributed by atoms with E-state index in [0.717, 1.165) is 12.2 Å². The highest BCUT2D eigenvalue weighted by atomic mass is 35.5.